The predicted molar refractivity (Wildman–Crippen MR) is 170 cm³/mol. The number of nitrogens with zero attached hydrogens (tertiary/aromatic N) is 2. The topological polar surface area (TPSA) is 94.6 Å². The maximum Gasteiger partial charge on any atom is 0.390 e. The first-order chi connectivity index (χ1) is 20.0. The second kappa shape index (κ2) is 17.2. The van der Waals surface area contributed by atoms with Gasteiger partial charge in [-0.2, -0.15) is 24.9 Å². The lowest BCUT2D eigenvalue weighted by molar-refractivity contribution is -0.135. The van der Waals surface area contributed by atoms with Crippen LogP contribution in [0.4, 0.5) is 18.0 Å². The molecule has 1 unspecified atom stereocenters. The van der Waals surface area contributed by atoms with Gasteiger partial charge in [-0.1, -0.05) is 81.8 Å². The van der Waals surface area contributed by atoms with Gasteiger partial charge in [0.15, 0.2) is 0 Å². The van der Waals surface area contributed by atoms with E-state index in [0.29, 0.717) is 40.9 Å². The minimum Gasteiger partial charge on any atom is -0.400 e. The van der Waals surface area contributed by atoms with E-state index in [2.05, 4.69) is 19.2 Å². The molecule has 11 heteroatoms. The third-order valence-corrected chi connectivity index (χ3v) is 8.14. The Morgan fingerprint density at radius 1 is 1.19 bits per heavy atom. The Morgan fingerprint density at radius 3 is 2.48 bits per heavy atom. The van der Waals surface area contributed by atoms with Gasteiger partial charge in [-0.3, -0.25) is 15.3 Å². The van der Waals surface area contributed by atoms with Crippen LogP contribution in [0.25, 0.3) is 0 Å². The molecule has 2 aromatic rings. The average Bonchev–Trinajstić information content (AvgIpc) is 2.99. The Balaban J connectivity index is 0.00000301. The SMILES string of the molecule is CC.CCC(C)c1ccc(C(=N)N(CCC(F)(F)F)C(=O)NC/C(N)=C2\CCSCC2=NCc2ccccc2Cl)cc1. The summed E-state index contributed by atoms with van der Waals surface area (Å²) < 4.78 is 39.2. The van der Waals surface area contributed by atoms with Gasteiger partial charge in [0, 0.05) is 28.6 Å². The van der Waals surface area contributed by atoms with Crippen molar-refractivity contribution in [2.24, 2.45) is 10.7 Å². The number of rotatable bonds is 9. The number of carbonyl (C=O) groups excluding carboxylic acids is 1. The molecule has 1 saturated heterocycles. The lowest BCUT2D eigenvalue weighted by Gasteiger charge is -2.25. The van der Waals surface area contributed by atoms with Crippen molar-refractivity contribution in [1.82, 2.24) is 10.2 Å². The molecule has 0 aromatic heterocycles. The van der Waals surface area contributed by atoms with Crippen LogP contribution in [0.5, 0.6) is 0 Å². The molecule has 42 heavy (non-hydrogen) atoms. The van der Waals surface area contributed by atoms with Gasteiger partial charge in [-0.25, -0.2) is 4.79 Å². The van der Waals surface area contributed by atoms with Gasteiger partial charge in [-0.05, 0) is 47.3 Å². The van der Waals surface area contributed by atoms with Gasteiger partial charge in [0.05, 0.1) is 25.2 Å². The van der Waals surface area contributed by atoms with E-state index in [9.17, 15) is 18.0 Å². The fourth-order valence-corrected chi connectivity index (χ4v) is 5.30. The maximum absolute atomic E-state index is 13.1. The molecule has 0 aliphatic carbocycles. The number of thioether (sulfide) groups is 1. The molecule has 230 valence electrons. The molecule has 1 aliphatic heterocycles. The quantitative estimate of drug-likeness (QED) is 0.194. The Kier molecular flexibility index (Phi) is 14.4. The molecule has 1 heterocycles. The molecule has 0 saturated carbocycles. The number of carbonyl (C=O) groups is 1. The number of halogens is 4. The maximum atomic E-state index is 13.1. The number of hydrogen-bond acceptors (Lipinski definition) is 5. The molecule has 2 aromatic carbocycles. The van der Waals surface area contributed by atoms with E-state index in [1.165, 1.54) is 0 Å². The average molecular weight is 624 g/mol. The highest BCUT2D eigenvalue weighted by molar-refractivity contribution is 8.00. The summed E-state index contributed by atoms with van der Waals surface area (Å²) in [6.45, 7) is 7.76. The van der Waals surface area contributed by atoms with E-state index >= 15 is 0 Å². The number of benzene rings is 2. The first-order valence-electron chi connectivity index (χ1n) is 14.1. The molecule has 2 amide bonds. The van der Waals surface area contributed by atoms with E-state index in [-0.39, 0.29) is 12.4 Å². The Hall–Kier alpha value is -2.98. The minimum atomic E-state index is -4.48. The number of aliphatic imine (C=N–C) groups is 1. The normalized spacial score (nSPS) is 16.2. The number of allylic oxidation sites excluding steroid dienone is 1. The van der Waals surface area contributed by atoms with Crippen LogP contribution >= 0.6 is 23.4 Å². The number of nitrogens with two attached hydrogens (primary N) is 1. The van der Waals surface area contributed by atoms with Crippen molar-refractivity contribution in [3.8, 4) is 0 Å². The zero-order valence-corrected chi connectivity index (χ0v) is 26.2. The van der Waals surface area contributed by atoms with E-state index in [0.717, 1.165) is 39.5 Å². The zero-order chi connectivity index (χ0) is 31.3. The van der Waals surface area contributed by atoms with Gasteiger partial charge in [0.2, 0.25) is 0 Å². The standard InChI is InChI=1S/C29H35ClF3N5OS.C2H6/c1-3-19(2)20-8-10-21(11-9-20)27(35)38(14-13-29(31,32)33)28(39)37-17-25(34)23-12-15-40-18-26(23)36-16-22-6-4-5-7-24(22)30;1-2/h4-11,19,35H,3,12-18,34H2,1-2H3,(H,37,39);1-2H3/b25-23-,35-27?,36-26?;. The highest BCUT2D eigenvalue weighted by atomic mass is 35.5. The lowest BCUT2D eigenvalue weighted by Crippen LogP contribution is -2.46. The molecular formula is C31H41ClF3N5OS. The van der Waals surface area contributed by atoms with Gasteiger partial charge in [0.1, 0.15) is 5.84 Å². The summed E-state index contributed by atoms with van der Waals surface area (Å²) in [6.07, 6.45) is -4.13. The number of nitrogens with one attached hydrogen (secondary N) is 2. The number of urea groups is 1. The zero-order valence-electron chi connectivity index (χ0n) is 24.7. The van der Waals surface area contributed by atoms with E-state index < -0.39 is 25.2 Å². The van der Waals surface area contributed by atoms with Crippen molar-refractivity contribution >= 4 is 40.9 Å². The first kappa shape index (κ1) is 35.2. The highest BCUT2D eigenvalue weighted by Gasteiger charge is 2.31. The van der Waals surface area contributed by atoms with Crippen molar-refractivity contribution in [1.29, 1.82) is 5.41 Å². The fraction of sp³-hybridized carbons (Fsp3) is 0.452. The van der Waals surface area contributed by atoms with Gasteiger partial charge in [-0.15, -0.1) is 0 Å². The smallest absolute Gasteiger partial charge is 0.390 e. The monoisotopic (exact) mass is 623 g/mol. The van der Waals surface area contributed by atoms with Crippen LogP contribution in [-0.2, 0) is 6.54 Å². The summed E-state index contributed by atoms with van der Waals surface area (Å²) in [5, 5.41) is 11.8. The van der Waals surface area contributed by atoms with Crippen LogP contribution < -0.4 is 11.1 Å². The second-order valence-electron chi connectivity index (χ2n) is 9.62. The van der Waals surface area contributed by atoms with Gasteiger partial charge in [0.25, 0.3) is 0 Å². The van der Waals surface area contributed by atoms with Gasteiger partial charge < -0.3 is 11.1 Å². The Morgan fingerprint density at radius 2 is 1.86 bits per heavy atom. The minimum absolute atomic E-state index is 0.0767. The number of alkyl halides is 3. The summed E-state index contributed by atoms with van der Waals surface area (Å²) in [5.41, 5.74) is 10.7. The van der Waals surface area contributed by atoms with Crippen LogP contribution in [0.2, 0.25) is 5.02 Å². The van der Waals surface area contributed by atoms with Crippen LogP contribution in [0.3, 0.4) is 0 Å². The molecule has 0 spiro atoms. The summed E-state index contributed by atoms with van der Waals surface area (Å²) in [4.78, 5) is 18.6. The molecule has 3 rings (SSSR count). The first-order valence-corrected chi connectivity index (χ1v) is 15.7. The van der Waals surface area contributed by atoms with Crippen LogP contribution in [-0.4, -0.2) is 53.2 Å². The van der Waals surface area contributed by atoms with Crippen molar-refractivity contribution in [2.45, 2.75) is 65.6 Å². The number of hydrogen-bond donors (Lipinski definition) is 3. The second-order valence-corrected chi connectivity index (χ2v) is 11.1. The van der Waals surface area contributed by atoms with Crippen molar-refractivity contribution < 1.29 is 18.0 Å². The summed E-state index contributed by atoms with van der Waals surface area (Å²) >= 11 is 7.98. The molecule has 0 radical (unpaired) electrons. The molecular weight excluding hydrogens is 583 g/mol. The lowest BCUT2D eigenvalue weighted by atomic mass is 9.97. The third-order valence-electron chi connectivity index (χ3n) is 6.80. The van der Waals surface area contributed by atoms with Crippen LogP contribution in [0.1, 0.15) is 69.6 Å². The summed E-state index contributed by atoms with van der Waals surface area (Å²) in [5.74, 6) is 1.49. The van der Waals surface area contributed by atoms with Crippen LogP contribution in [0, 0.1) is 5.41 Å². The molecule has 0 bridgehead atoms. The van der Waals surface area contributed by atoms with Crippen LogP contribution in [0.15, 0.2) is 64.8 Å². The van der Waals surface area contributed by atoms with E-state index in [4.69, 9.17) is 27.7 Å². The molecule has 1 fully saturated rings. The Labute approximate surface area is 256 Å². The van der Waals surface area contributed by atoms with E-state index in [1.807, 2.05) is 44.2 Å². The fourth-order valence-electron chi connectivity index (χ4n) is 4.16. The third kappa shape index (κ3) is 10.7. The van der Waals surface area contributed by atoms with E-state index in [1.54, 1.807) is 30.0 Å². The van der Waals surface area contributed by atoms with Crippen molar-refractivity contribution in [3.63, 3.8) is 0 Å². The molecule has 6 nitrogen and oxygen atoms in total. The van der Waals surface area contributed by atoms with Crippen molar-refractivity contribution in [3.05, 3.63) is 81.5 Å². The Bertz CT molecular complexity index is 1250. The predicted octanol–water partition coefficient (Wildman–Crippen LogP) is 8.16. The largest absolute Gasteiger partial charge is 0.400 e. The molecule has 4 N–H and O–H groups in total. The summed E-state index contributed by atoms with van der Waals surface area (Å²) in [6, 6.07) is 13.6. The van der Waals surface area contributed by atoms with Gasteiger partial charge >= 0.3 is 12.2 Å². The molecule has 1 aliphatic rings. The summed E-state index contributed by atoms with van der Waals surface area (Å²) in [7, 11) is 0. The molecule has 1 atom stereocenters. The number of amidine groups is 1. The number of amides is 2. The van der Waals surface area contributed by atoms with Crippen molar-refractivity contribution in [2.75, 3.05) is 24.6 Å². The highest BCUT2D eigenvalue weighted by Crippen LogP contribution is 2.25.